The molecule has 1 aromatic heterocycles. The van der Waals surface area contributed by atoms with Gasteiger partial charge < -0.3 is 15.2 Å². The number of aromatic nitrogens is 1. The maximum atomic E-state index is 12.3. The van der Waals surface area contributed by atoms with Gasteiger partial charge in [-0.25, -0.2) is 0 Å². The first-order valence-electron chi connectivity index (χ1n) is 9.83. The molecule has 144 valence electrons. The molecule has 1 aliphatic rings. The van der Waals surface area contributed by atoms with Gasteiger partial charge in [0.2, 0.25) is 0 Å². The van der Waals surface area contributed by atoms with Crippen LogP contribution < -0.4 is 10.9 Å². The number of carbonyl (C=O) groups is 1. The number of rotatable bonds is 6. The molecule has 3 rings (SSSR count). The molecule has 27 heavy (non-hydrogen) atoms. The molecule has 0 bridgehead atoms. The van der Waals surface area contributed by atoms with Crippen molar-refractivity contribution in [1.29, 1.82) is 0 Å². The number of amides is 1. The van der Waals surface area contributed by atoms with E-state index in [0.717, 1.165) is 25.3 Å². The van der Waals surface area contributed by atoms with E-state index in [9.17, 15) is 9.59 Å². The van der Waals surface area contributed by atoms with Crippen LogP contribution in [0.4, 0.5) is 0 Å². The average Bonchev–Trinajstić information content (AvgIpc) is 2.68. The summed E-state index contributed by atoms with van der Waals surface area (Å²) >= 11 is 0. The molecule has 0 radical (unpaired) electrons. The van der Waals surface area contributed by atoms with Crippen molar-refractivity contribution in [2.24, 2.45) is 0 Å². The quantitative estimate of drug-likeness (QED) is 0.824. The maximum absolute atomic E-state index is 12.3. The Balaban J connectivity index is 1.51. The first-order chi connectivity index (χ1) is 13.0. The number of carbonyl (C=O) groups excluding carboxylic acids is 1. The van der Waals surface area contributed by atoms with Gasteiger partial charge in [-0.2, -0.15) is 0 Å². The van der Waals surface area contributed by atoms with Gasteiger partial charge in [-0.3, -0.25) is 9.59 Å². The Kier molecular flexibility index (Phi) is 6.45. The Morgan fingerprint density at radius 2 is 2.00 bits per heavy atom. The lowest BCUT2D eigenvalue weighted by atomic mass is 9.91. The average molecular weight is 367 g/mol. The number of hydrogen-bond acceptors (Lipinski definition) is 3. The fraction of sp³-hybridized carbons (Fsp3) is 0.455. The number of nitrogens with one attached hydrogen (secondary N) is 2. The molecule has 1 aromatic carbocycles. The van der Waals surface area contributed by atoms with Crippen LogP contribution in [0.1, 0.15) is 60.1 Å². The Hall–Kier alpha value is -2.40. The predicted molar refractivity (Wildman–Crippen MR) is 108 cm³/mol. The van der Waals surface area contributed by atoms with E-state index in [1.54, 1.807) is 6.07 Å². The van der Waals surface area contributed by atoms with Crippen LogP contribution in [0.3, 0.4) is 0 Å². The van der Waals surface area contributed by atoms with Gasteiger partial charge in [0.15, 0.2) is 0 Å². The molecular formula is C22H29N3O2. The lowest BCUT2D eigenvalue weighted by molar-refractivity contribution is 0.0944. The van der Waals surface area contributed by atoms with Crippen LogP contribution in [0.25, 0.3) is 0 Å². The Labute approximate surface area is 160 Å². The monoisotopic (exact) mass is 367 g/mol. The summed E-state index contributed by atoms with van der Waals surface area (Å²) in [5.41, 5.74) is 2.10. The zero-order chi connectivity index (χ0) is 19.2. The summed E-state index contributed by atoms with van der Waals surface area (Å²) in [6.45, 7) is 7.44. The topological polar surface area (TPSA) is 65.2 Å². The summed E-state index contributed by atoms with van der Waals surface area (Å²) < 4.78 is 0. The molecule has 1 aliphatic heterocycles. The third-order valence-corrected chi connectivity index (χ3v) is 5.29. The molecule has 0 saturated carbocycles. The van der Waals surface area contributed by atoms with Crippen molar-refractivity contribution in [1.82, 2.24) is 15.2 Å². The van der Waals surface area contributed by atoms with Crippen LogP contribution in [-0.4, -0.2) is 42.0 Å². The molecular weight excluding hydrogens is 338 g/mol. The van der Waals surface area contributed by atoms with Gasteiger partial charge in [0.05, 0.1) is 0 Å². The lowest BCUT2D eigenvalue weighted by Crippen LogP contribution is -2.40. The van der Waals surface area contributed by atoms with Crippen LogP contribution in [0.5, 0.6) is 0 Å². The molecule has 0 aliphatic carbocycles. The third kappa shape index (κ3) is 5.07. The van der Waals surface area contributed by atoms with Crippen molar-refractivity contribution in [2.75, 3.05) is 26.2 Å². The largest absolute Gasteiger partial charge is 0.351 e. The highest BCUT2D eigenvalue weighted by atomic mass is 16.2. The summed E-state index contributed by atoms with van der Waals surface area (Å²) in [6, 6.07) is 14.1. The van der Waals surface area contributed by atoms with E-state index in [2.05, 4.69) is 45.5 Å². The molecule has 5 nitrogen and oxygen atoms in total. The predicted octanol–water partition coefficient (Wildman–Crippen LogP) is 3.11. The number of nitrogens with zero attached hydrogens (tertiary/aromatic N) is 1. The second-order valence-electron chi connectivity index (χ2n) is 7.62. The van der Waals surface area contributed by atoms with Crippen LogP contribution >= 0.6 is 0 Å². The number of piperidine rings is 1. The second-order valence-corrected chi connectivity index (χ2v) is 7.62. The standard InChI is InChI=1S/C22H29N3O2/c1-16(2)20-11-10-19(22(27)24-20)21(26)23-12-14-25-13-6-9-18(15-25)17-7-4-3-5-8-17/h3-5,7-8,10-11,16,18H,6,9,12-15H2,1-2H3,(H,23,26)(H,24,27)/t18-/m0/s1. The highest BCUT2D eigenvalue weighted by Gasteiger charge is 2.21. The van der Waals surface area contributed by atoms with Gasteiger partial charge in [-0.05, 0) is 48.9 Å². The highest BCUT2D eigenvalue weighted by Crippen LogP contribution is 2.26. The Bertz CT molecular complexity index is 814. The fourth-order valence-corrected chi connectivity index (χ4v) is 3.68. The molecule has 2 aromatic rings. The maximum Gasteiger partial charge on any atom is 0.261 e. The van der Waals surface area contributed by atoms with Crippen molar-refractivity contribution < 1.29 is 4.79 Å². The number of aromatic amines is 1. The zero-order valence-electron chi connectivity index (χ0n) is 16.2. The van der Waals surface area contributed by atoms with Crippen molar-refractivity contribution >= 4 is 5.91 Å². The molecule has 2 heterocycles. The molecule has 1 saturated heterocycles. The molecule has 5 heteroatoms. The first-order valence-corrected chi connectivity index (χ1v) is 9.83. The van der Waals surface area contributed by atoms with Crippen LogP contribution in [0, 0.1) is 0 Å². The number of H-pyrrole nitrogens is 1. The summed E-state index contributed by atoms with van der Waals surface area (Å²) in [6.07, 6.45) is 2.38. The SMILES string of the molecule is CC(C)c1ccc(C(=O)NCCN2CCC[C@H](c3ccccc3)C2)c(=O)[nH]1. The van der Waals surface area contributed by atoms with Crippen molar-refractivity contribution in [2.45, 2.75) is 38.5 Å². The van der Waals surface area contributed by atoms with E-state index in [0.29, 0.717) is 12.5 Å². The van der Waals surface area contributed by atoms with Crippen LogP contribution in [0.2, 0.25) is 0 Å². The van der Waals surface area contributed by atoms with Gasteiger partial charge in [0.1, 0.15) is 5.56 Å². The number of likely N-dealkylation sites (tertiary alicyclic amines) is 1. The summed E-state index contributed by atoms with van der Waals surface area (Å²) in [5.74, 6) is 0.483. The number of benzene rings is 1. The number of pyridine rings is 1. The fourth-order valence-electron chi connectivity index (χ4n) is 3.68. The minimum absolute atomic E-state index is 0.181. The second kappa shape index (κ2) is 9.00. The molecule has 1 fully saturated rings. The Morgan fingerprint density at radius 3 is 2.70 bits per heavy atom. The van der Waals surface area contributed by atoms with E-state index in [-0.39, 0.29) is 22.9 Å². The summed E-state index contributed by atoms with van der Waals surface area (Å²) in [5, 5.41) is 2.89. The van der Waals surface area contributed by atoms with E-state index < -0.39 is 0 Å². The molecule has 0 unspecified atom stereocenters. The van der Waals surface area contributed by atoms with Crippen molar-refractivity contribution in [3.63, 3.8) is 0 Å². The van der Waals surface area contributed by atoms with Crippen LogP contribution in [0.15, 0.2) is 47.3 Å². The van der Waals surface area contributed by atoms with E-state index >= 15 is 0 Å². The first kappa shape index (κ1) is 19.4. The molecule has 1 atom stereocenters. The minimum atomic E-state index is -0.319. The lowest BCUT2D eigenvalue weighted by Gasteiger charge is -2.33. The third-order valence-electron chi connectivity index (χ3n) is 5.29. The van der Waals surface area contributed by atoms with Crippen molar-refractivity contribution in [3.05, 3.63) is 69.6 Å². The summed E-state index contributed by atoms with van der Waals surface area (Å²) in [7, 11) is 0. The molecule has 2 N–H and O–H groups in total. The van der Waals surface area contributed by atoms with E-state index in [1.165, 1.54) is 18.4 Å². The minimum Gasteiger partial charge on any atom is -0.351 e. The van der Waals surface area contributed by atoms with E-state index in [1.807, 2.05) is 19.9 Å². The number of hydrogen-bond donors (Lipinski definition) is 2. The molecule has 0 spiro atoms. The molecule has 1 amide bonds. The van der Waals surface area contributed by atoms with E-state index in [4.69, 9.17) is 0 Å². The van der Waals surface area contributed by atoms with Gasteiger partial charge in [-0.1, -0.05) is 44.2 Å². The highest BCUT2D eigenvalue weighted by molar-refractivity contribution is 5.93. The van der Waals surface area contributed by atoms with Gasteiger partial charge in [-0.15, -0.1) is 0 Å². The Morgan fingerprint density at radius 1 is 1.22 bits per heavy atom. The van der Waals surface area contributed by atoms with Gasteiger partial charge >= 0.3 is 0 Å². The van der Waals surface area contributed by atoms with Gasteiger partial charge in [0, 0.05) is 25.3 Å². The smallest absolute Gasteiger partial charge is 0.261 e. The van der Waals surface area contributed by atoms with Crippen molar-refractivity contribution in [3.8, 4) is 0 Å². The van der Waals surface area contributed by atoms with Gasteiger partial charge in [0.25, 0.3) is 11.5 Å². The van der Waals surface area contributed by atoms with Crippen LogP contribution in [-0.2, 0) is 0 Å². The zero-order valence-corrected chi connectivity index (χ0v) is 16.2. The normalized spacial score (nSPS) is 17.8. The summed E-state index contributed by atoms with van der Waals surface area (Å²) in [4.78, 5) is 29.6.